The van der Waals surface area contributed by atoms with Gasteiger partial charge in [-0.15, -0.1) is 0 Å². The van der Waals surface area contributed by atoms with Crippen molar-refractivity contribution in [3.05, 3.63) is 23.5 Å². The molecular formula is C16H23NOS. The van der Waals surface area contributed by atoms with E-state index in [9.17, 15) is 4.79 Å². The summed E-state index contributed by atoms with van der Waals surface area (Å²) in [4.78, 5) is 12.2. The van der Waals surface area contributed by atoms with Gasteiger partial charge in [-0.3, -0.25) is 4.79 Å². The van der Waals surface area contributed by atoms with Crippen molar-refractivity contribution in [1.82, 2.24) is 4.57 Å². The van der Waals surface area contributed by atoms with Gasteiger partial charge < -0.3 is 4.57 Å². The van der Waals surface area contributed by atoms with Crippen LogP contribution in [0.15, 0.2) is 12.3 Å². The zero-order valence-electron chi connectivity index (χ0n) is 11.9. The fourth-order valence-corrected chi connectivity index (χ4v) is 4.65. The molecule has 0 N–H and O–H groups in total. The maximum absolute atomic E-state index is 12.2. The van der Waals surface area contributed by atoms with Crippen LogP contribution in [0.25, 0.3) is 0 Å². The standard InChI is InChI=1S/C16H23NOS/c1-16(2)9-14-13(15(18)10-16)6-7-17(14)11-12-5-3-4-8-19-12/h6-7,12H,3-5,8-11H2,1-2H3. The molecule has 1 atom stereocenters. The van der Waals surface area contributed by atoms with Crippen LogP contribution < -0.4 is 0 Å². The van der Waals surface area contributed by atoms with Crippen molar-refractivity contribution in [2.75, 3.05) is 5.75 Å². The van der Waals surface area contributed by atoms with Crippen LogP contribution in [0.2, 0.25) is 0 Å². The number of fused-ring (bicyclic) bond motifs is 1. The summed E-state index contributed by atoms with van der Waals surface area (Å²) in [6, 6.07) is 2.04. The van der Waals surface area contributed by atoms with Crippen molar-refractivity contribution in [1.29, 1.82) is 0 Å². The van der Waals surface area contributed by atoms with Crippen LogP contribution in [0, 0.1) is 5.41 Å². The lowest BCUT2D eigenvalue weighted by Gasteiger charge is -2.31. The molecule has 2 aliphatic rings. The molecule has 1 unspecified atom stereocenters. The number of aromatic nitrogens is 1. The number of rotatable bonds is 2. The molecule has 1 aliphatic carbocycles. The molecule has 1 fully saturated rings. The first-order chi connectivity index (χ1) is 9.05. The molecule has 2 heterocycles. The highest BCUT2D eigenvalue weighted by Crippen LogP contribution is 2.36. The van der Waals surface area contributed by atoms with E-state index in [0.29, 0.717) is 12.2 Å². The number of thioether (sulfide) groups is 1. The van der Waals surface area contributed by atoms with Gasteiger partial charge in [0.1, 0.15) is 0 Å². The molecule has 0 amide bonds. The smallest absolute Gasteiger partial charge is 0.165 e. The number of hydrogen-bond acceptors (Lipinski definition) is 2. The van der Waals surface area contributed by atoms with Crippen molar-refractivity contribution in [3.63, 3.8) is 0 Å². The third-order valence-corrected chi connectivity index (χ3v) is 5.72. The minimum absolute atomic E-state index is 0.125. The fourth-order valence-electron chi connectivity index (χ4n) is 3.34. The van der Waals surface area contributed by atoms with Gasteiger partial charge in [0.25, 0.3) is 0 Å². The molecule has 1 saturated heterocycles. The van der Waals surface area contributed by atoms with Gasteiger partial charge in [0.2, 0.25) is 0 Å². The van der Waals surface area contributed by atoms with Crippen molar-refractivity contribution < 1.29 is 4.79 Å². The molecule has 2 nitrogen and oxygen atoms in total. The average molecular weight is 277 g/mol. The molecule has 3 rings (SSSR count). The van der Waals surface area contributed by atoms with E-state index in [0.717, 1.165) is 23.8 Å². The number of nitrogens with zero attached hydrogens (tertiary/aromatic N) is 1. The number of ketones is 1. The monoisotopic (exact) mass is 277 g/mol. The summed E-state index contributed by atoms with van der Waals surface area (Å²) in [5, 5.41) is 0.741. The largest absolute Gasteiger partial charge is 0.350 e. The second kappa shape index (κ2) is 5.01. The van der Waals surface area contributed by atoms with Crippen molar-refractivity contribution >= 4 is 17.5 Å². The lowest BCUT2D eigenvalue weighted by atomic mass is 9.76. The fraction of sp³-hybridized carbons (Fsp3) is 0.688. The van der Waals surface area contributed by atoms with E-state index in [-0.39, 0.29) is 5.41 Å². The third-order valence-electron chi connectivity index (χ3n) is 4.34. The first kappa shape index (κ1) is 13.3. The molecule has 19 heavy (non-hydrogen) atoms. The number of hydrogen-bond donors (Lipinski definition) is 0. The zero-order valence-corrected chi connectivity index (χ0v) is 12.8. The number of carbonyl (C=O) groups is 1. The first-order valence-electron chi connectivity index (χ1n) is 7.38. The van der Waals surface area contributed by atoms with Gasteiger partial charge in [-0.05, 0) is 36.5 Å². The molecule has 0 aromatic carbocycles. The molecule has 1 aromatic rings. The summed E-state index contributed by atoms with van der Waals surface area (Å²) in [7, 11) is 0. The quantitative estimate of drug-likeness (QED) is 0.817. The van der Waals surface area contributed by atoms with Gasteiger partial charge in [-0.2, -0.15) is 11.8 Å². The number of Topliss-reactive ketones (excluding diaryl/α,β-unsaturated/α-hetero) is 1. The number of carbonyl (C=O) groups excluding carboxylic acids is 1. The van der Waals surface area contributed by atoms with Crippen LogP contribution >= 0.6 is 11.8 Å². The van der Waals surface area contributed by atoms with Crippen molar-refractivity contribution in [2.24, 2.45) is 5.41 Å². The molecule has 104 valence electrons. The first-order valence-corrected chi connectivity index (χ1v) is 8.43. The molecule has 1 aliphatic heterocycles. The maximum Gasteiger partial charge on any atom is 0.165 e. The van der Waals surface area contributed by atoms with Crippen LogP contribution in [-0.4, -0.2) is 21.4 Å². The van der Waals surface area contributed by atoms with Crippen LogP contribution in [-0.2, 0) is 13.0 Å². The van der Waals surface area contributed by atoms with Crippen LogP contribution in [0.3, 0.4) is 0 Å². The van der Waals surface area contributed by atoms with E-state index in [4.69, 9.17) is 0 Å². The van der Waals surface area contributed by atoms with E-state index in [1.807, 2.05) is 6.07 Å². The third kappa shape index (κ3) is 2.76. The summed E-state index contributed by atoms with van der Waals surface area (Å²) in [5.74, 6) is 1.64. The minimum atomic E-state index is 0.125. The summed E-state index contributed by atoms with van der Waals surface area (Å²) in [6.45, 7) is 5.50. The highest BCUT2D eigenvalue weighted by atomic mass is 32.2. The molecule has 0 bridgehead atoms. The average Bonchev–Trinajstić information content (AvgIpc) is 2.72. The summed E-state index contributed by atoms with van der Waals surface area (Å²) >= 11 is 2.11. The van der Waals surface area contributed by atoms with E-state index >= 15 is 0 Å². The molecule has 0 radical (unpaired) electrons. The van der Waals surface area contributed by atoms with Gasteiger partial charge in [0, 0.05) is 35.7 Å². The van der Waals surface area contributed by atoms with E-state index < -0.39 is 0 Å². The molecule has 0 saturated carbocycles. The molecular weight excluding hydrogens is 254 g/mol. The normalized spacial score (nSPS) is 26.2. The van der Waals surface area contributed by atoms with Gasteiger partial charge in [-0.25, -0.2) is 0 Å². The Morgan fingerprint density at radius 1 is 1.37 bits per heavy atom. The van der Waals surface area contributed by atoms with Gasteiger partial charge in [-0.1, -0.05) is 20.3 Å². The predicted molar refractivity (Wildman–Crippen MR) is 81.0 cm³/mol. The van der Waals surface area contributed by atoms with Crippen molar-refractivity contribution in [2.45, 2.75) is 57.7 Å². The Morgan fingerprint density at radius 3 is 2.95 bits per heavy atom. The van der Waals surface area contributed by atoms with Crippen LogP contribution in [0.1, 0.15) is 55.6 Å². The SMILES string of the molecule is CC1(C)CC(=O)c2ccn(CC3CCCCS3)c2C1. The Bertz CT molecular complexity index is 483. The lowest BCUT2D eigenvalue weighted by molar-refractivity contribution is 0.0910. The van der Waals surface area contributed by atoms with Crippen LogP contribution in [0.4, 0.5) is 0 Å². The van der Waals surface area contributed by atoms with Gasteiger partial charge in [0.05, 0.1) is 0 Å². The Labute approximate surface area is 120 Å². The Hall–Kier alpha value is -0.700. The topological polar surface area (TPSA) is 22.0 Å². The highest BCUT2D eigenvalue weighted by Gasteiger charge is 2.33. The Balaban J connectivity index is 1.82. The van der Waals surface area contributed by atoms with Gasteiger partial charge in [0.15, 0.2) is 5.78 Å². The Kier molecular flexibility index (Phi) is 3.50. The molecule has 1 aromatic heterocycles. The van der Waals surface area contributed by atoms with E-state index in [2.05, 4.69) is 36.4 Å². The van der Waals surface area contributed by atoms with E-state index in [1.54, 1.807) is 0 Å². The zero-order chi connectivity index (χ0) is 13.5. The summed E-state index contributed by atoms with van der Waals surface area (Å²) in [5.41, 5.74) is 2.40. The minimum Gasteiger partial charge on any atom is -0.350 e. The highest BCUT2D eigenvalue weighted by molar-refractivity contribution is 7.99. The second-order valence-corrected chi connectivity index (χ2v) is 8.17. The second-order valence-electron chi connectivity index (χ2n) is 6.76. The Morgan fingerprint density at radius 2 is 2.21 bits per heavy atom. The van der Waals surface area contributed by atoms with Crippen LogP contribution in [0.5, 0.6) is 0 Å². The molecule has 3 heteroatoms. The maximum atomic E-state index is 12.2. The summed E-state index contributed by atoms with van der Waals surface area (Å²) in [6.07, 6.45) is 7.94. The summed E-state index contributed by atoms with van der Waals surface area (Å²) < 4.78 is 2.36. The van der Waals surface area contributed by atoms with E-state index in [1.165, 1.54) is 30.7 Å². The lowest BCUT2D eigenvalue weighted by Crippen LogP contribution is -2.29. The molecule has 0 spiro atoms. The van der Waals surface area contributed by atoms with Gasteiger partial charge >= 0.3 is 0 Å². The van der Waals surface area contributed by atoms with Crippen molar-refractivity contribution in [3.8, 4) is 0 Å². The predicted octanol–water partition coefficient (Wildman–Crippen LogP) is 3.93.